The number of allylic oxidation sites excluding steroid dienone is 1. The number of hydrogen-bond donors (Lipinski definition) is 2. The zero-order valence-electron chi connectivity index (χ0n) is 15.3. The van der Waals surface area contributed by atoms with Gasteiger partial charge in [0.15, 0.2) is 0 Å². The molecule has 2 amide bonds. The molecular weight excluding hydrogens is 338 g/mol. The molecule has 2 N–H and O–H groups in total. The molecule has 0 radical (unpaired) electrons. The third-order valence-corrected chi connectivity index (χ3v) is 4.28. The minimum atomic E-state index is -0.232. The Labute approximate surface area is 159 Å². The molecule has 1 unspecified atom stereocenters. The predicted octanol–water partition coefficient (Wildman–Crippen LogP) is 3.92. The zero-order valence-corrected chi connectivity index (χ0v) is 15.3. The average molecular weight is 361 g/mol. The lowest BCUT2D eigenvalue weighted by Crippen LogP contribution is -2.31. The van der Waals surface area contributed by atoms with Crippen LogP contribution >= 0.6 is 0 Å². The SMILES string of the molecule is C=CC(C)c1ccccc1NC(=O)NCCc1cccc(-n2ccnc2)n1. The Hall–Kier alpha value is -3.41. The van der Waals surface area contributed by atoms with E-state index in [1.165, 1.54) is 0 Å². The summed E-state index contributed by atoms with van der Waals surface area (Å²) in [6, 6.07) is 13.3. The van der Waals surface area contributed by atoms with Crippen molar-refractivity contribution < 1.29 is 4.79 Å². The van der Waals surface area contributed by atoms with Crippen LogP contribution in [-0.2, 0) is 6.42 Å². The van der Waals surface area contributed by atoms with Gasteiger partial charge in [0, 0.05) is 42.7 Å². The number of para-hydroxylation sites is 1. The van der Waals surface area contributed by atoms with Crippen molar-refractivity contribution in [2.75, 3.05) is 11.9 Å². The second kappa shape index (κ2) is 8.80. The summed E-state index contributed by atoms with van der Waals surface area (Å²) < 4.78 is 1.85. The van der Waals surface area contributed by atoms with E-state index in [4.69, 9.17) is 0 Å². The molecule has 0 bridgehead atoms. The summed E-state index contributed by atoms with van der Waals surface area (Å²) in [6.45, 7) is 6.36. The Bertz CT molecular complexity index is 904. The summed E-state index contributed by atoms with van der Waals surface area (Å²) in [6.07, 6.45) is 7.77. The molecule has 3 rings (SSSR count). The van der Waals surface area contributed by atoms with Crippen LogP contribution in [0.25, 0.3) is 5.82 Å². The van der Waals surface area contributed by atoms with E-state index in [1.54, 1.807) is 12.5 Å². The van der Waals surface area contributed by atoms with Gasteiger partial charge in [-0.05, 0) is 23.8 Å². The van der Waals surface area contributed by atoms with Gasteiger partial charge in [0.1, 0.15) is 12.1 Å². The van der Waals surface area contributed by atoms with Crippen LogP contribution in [0.1, 0.15) is 24.1 Å². The van der Waals surface area contributed by atoms with Gasteiger partial charge in [-0.25, -0.2) is 14.8 Å². The molecule has 0 fully saturated rings. The van der Waals surface area contributed by atoms with Crippen molar-refractivity contribution in [1.29, 1.82) is 0 Å². The van der Waals surface area contributed by atoms with Crippen molar-refractivity contribution >= 4 is 11.7 Å². The first kappa shape index (κ1) is 18.4. The Morgan fingerprint density at radius 2 is 2.11 bits per heavy atom. The highest BCUT2D eigenvalue weighted by Gasteiger charge is 2.09. The van der Waals surface area contributed by atoms with Crippen molar-refractivity contribution in [3.63, 3.8) is 0 Å². The van der Waals surface area contributed by atoms with Crippen molar-refractivity contribution in [2.24, 2.45) is 0 Å². The highest BCUT2D eigenvalue weighted by atomic mass is 16.2. The summed E-state index contributed by atoms with van der Waals surface area (Å²) in [4.78, 5) is 20.9. The molecular formula is C21H23N5O. The number of imidazole rings is 1. The standard InChI is InChI=1S/C21H23N5O/c1-3-16(2)18-8-4-5-9-19(18)25-21(27)23-12-11-17-7-6-10-20(24-17)26-14-13-22-15-26/h3-10,13-16H,1,11-12H2,2H3,(H2,23,25,27). The molecule has 0 spiro atoms. The van der Waals surface area contributed by atoms with Crippen LogP contribution in [-0.4, -0.2) is 27.1 Å². The van der Waals surface area contributed by atoms with Gasteiger partial charge in [-0.3, -0.25) is 4.57 Å². The van der Waals surface area contributed by atoms with Crippen LogP contribution in [0.2, 0.25) is 0 Å². The molecule has 1 aromatic carbocycles. The first-order valence-electron chi connectivity index (χ1n) is 8.88. The molecule has 6 nitrogen and oxygen atoms in total. The number of urea groups is 1. The molecule has 27 heavy (non-hydrogen) atoms. The number of anilines is 1. The molecule has 1 atom stereocenters. The Morgan fingerprint density at radius 1 is 1.26 bits per heavy atom. The molecule has 0 aliphatic rings. The highest BCUT2D eigenvalue weighted by molar-refractivity contribution is 5.90. The maximum Gasteiger partial charge on any atom is 0.319 e. The maximum absolute atomic E-state index is 12.2. The third-order valence-electron chi connectivity index (χ3n) is 4.28. The lowest BCUT2D eigenvalue weighted by Gasteiger charge is -2.14. The van der Waals surface area contributed by atoms with Crippen LogP contribution in [0.15, 0.2) is 73.8 Å². The van der Waals surface area contributed by atoms with Gasteiger partial charge in [-0.15, -0.1) is 6.58 Å². The quantitative estimate of drug-likeness (QED) is 0.627. The van der Waals surface area contributed by atoms with Gasteiger partial charge in [0.25, 0.3) is 0 Å². The minimum absolute atomic E-state index is 0.164. The monoisotopic (exact) mass is 361 g/mol. The smallest absolute Gasteiger partial charge is 0.319 e. The van der Waals surface area contributed by atoms with E-state index in [1.807, 2.05) is 66.2 Å². The van der Waals surface area contributed by atoms with Crippen LogP contribution in [0.3, 0.4) is 0 Å². The second-order valence-corrected chi connectivity index (χ2v) is 6.20. The Kier molecular flexibility index (Phi) is 5.99. The van der Waals surface area contributed by atoms with Crippen molar-refractivity contribution in [3.8, 4) is 5.82 Å². The van der Waals surface area contributed by atoms with E-state index in [0.717, 1.165) is 22.8 Å². The van der Waals surface area contributed by atoms with Crippen molar-refractivity contribution in [1.82, 2.24) is 19.9 Å². The lowest BCUT2D eigenvalue weighted by atomic mass is 9.99. The van der Waals surface area contributed by atoms with Crippen LogP contribution in [0, 0.1) is 0 Å². The molecule has 0 saturated carbocycles. The number of pyridine rings is 1. The third kappa shape index (κ3) is 4.82. The van der Waals surface area contributed by atoms with E-state index in [-0.39, 0.29) is 11.9 Å². The number of rotatable bonds is 7. The van der Waals surface area contributed by atoms with Gasteiger partial charge >= 0.3 is 6.03 Å². The summed E-state index contributed by atoms with van der Waals surface area (Å²) in [5.74, 6) is 0.971. The summed E-state index contributed by atoms with van der Waals surface area (Å²) in [5.41, 5.74) is 2.74. The molecule has 2 aromatic heterocycles. The fourth-order valence-corrected chi connectivity index (χ4v) is 2.75. The number of hydrogen-bond acceptors (Lipinski definition) is 3. The largest absolute Gasteiger partial charge is 0.337 e. The van der Waals surface area contributed by atoms with Crippen molar-refractivity contribution in [3.05, 3.63) is 85.1 Å². The molecule has 138 valence electrons. The number of benzene rings is 1. The van der Waals surface area contributed by atoms with Crippen LogP contribution in [0.5, 0.6) is 0 Å². The summed E-state index contributed by atoms with van der Waals surface area (Å²) in [7, 11) is 0. The molecule has 6 heteroatoms. The Morgan fingerprint density at radius 3 is 2.89 bits per heavy atom. The second-order valence-electron chi connectivity index (χ2n) is 6.20. The van der Waals surface area contributed by atoms with Gasteiger partial charge in [-0.1, -0.05) is 37.3 Å². The van der Waals surface area contributed by atoms with Crippen LogP contribution < -0.4 is 10.6 Å². The highest BCUT2D eigenvalue weighted by Crippen LogP contribution is 2.24. The lowest BCUT2D eigenvalue weighted by molar-refractivity contribution is 0.252. The minimum Gasteiger partial charge on any atom is -0.337 e. The number of aromatic nitrogens is 3. The van der Waals surface area contributed by atoms with E-state index in [2.05, 4.69) is 27.2 Å². The fraction of sp³-hybridized carbons (Fsp3) is 0.190. The van der Waals surface area contributed by atoms with E-state index < -0.39 is 0 Å². The molecule has 0 saturated heterocycles. The first-order chi connectivity index (χ1) is 13.2. The van der Waals surface area contributed by atoms with E-state index in [0.29, 0.717) is 13.0 Å². The number of carbonyl (C=O) groups is 1. The van der Waals surface area contributed by atoms with Crippen molar-refractivity contribution in [2.45, 2.75) is 19.3 Å². The number of nitrogens with zero attached hydrogens (tertiary/aromatic N) is 3. The van der Waals surface area contributed by atoms with Crippen LogP contribution in [0.4, 0.5) is 10.5 Å². The number of carbonyl (C=O) groups excluding carboxylic acids is 1. The fourth-order valence-electron chi connectivity index (χ4n) is 2.75. The number of nitrogens with one attached hydrogen (secondary N) is 2. The molecule has 2 heterocycles. The average Bonchev–Trinajstić information content (AvgIpc) is 3.23. The van der Waals surface area contributed by atoms with E-state index >= 15 is 0 Å². The van der Waals surface area contributed by atoms with Gasteiger partial charge < -0.3 is 10.6 Å². The summed E-state index contributed by atoms with van der Waals surface area (Å²) >= 11 is 0. The normalized spacial score (nSPS) is 11.6. The van der Waals surface area contributed by atoms with Gasteiger partial charge in [0.05, 0.1) is 0 Å². The number of amides is 2. The van der Waals surface area contributed by atoms with Gasteiger partial charge in [-0.2, -0.15) is 0 Å². The molecule has 0 aliphatic heterocycles. The predicted molar refractivity (Wildman–Crippen MR) is 107 cm³/mol. The zero-order chi connectivity index (χ0) is 19.1. The summed E-state index contributed by atoms with van der Waals surface area (Å²) in [5, 5.41) is 5.80. The molecule has 3 aromatic rings. The molecule has 0 aliphatic carbocycles. The topological polar surface area (TPSA) is 71.8 Å². The Balaban J connectivity index is 1.55. The van der Waals surface area contributed by atoms with E-state index in [9.17, 15) is 4.79 Å². The van der Waals surface area contributed by atoms with Gasteiger partial charge in [0.2, 0.25) is 0 Å². The first-order valence-corrected chi connectivity index (χ1v) is 8.88. The maximum atomic E-state index is 12.2.